The van der Waals surface area contributed by atoms with Crippen molar-refractivity contribution in [2.45, 2.75) is 40.2 Å². The highest BCUT2D eigenvalue weighted by Crippen LogP contribution is 2.27. The largest absolute Gasteiger partial charge is 0.494 e. The highest BCUT2D eigenvalue weighted by molar-refractivity contribution is 7.09. The Kier molecular flexibility index (Phi) is 6.87. The van der Waals surface area contributed by atoms with E-state index in [1.165, 1.54) is 0 Å². The lowest BCUT2D eigenvalue weighted by Crippen LogP contribution is -2.29. The third-order valence-electron chi connectivity index (χ3n) is 4.68. The Morgan fingerprint density at radius 2 is 1.96 bits per heavy atom. The third-order valence-corrected chi connectivity index (χ3v) is 5.45. The summed E-state index contributed by atoms with van der Waals surface area (Å²) < 4.78 is 7.72. The summed E-state index contributed by atoms with van der Waals surface area (Å²) >= 11 is 1.64. The van der Waals surface area contributed by atoms with E-state index >= 15 is 0 Å². The Labute approximate surface area is 170 Å². The SMILES string of the molecule is Cc1nc(-c2cc(C)n(CC(=O)NCCCCOc3ccccc3)c2C)cs1. The fourth-order valence-electron chi connectivity index (χ4n) is 3.15. The molecule has 1 amide bonds. The second kappa shape index (κ2) is 9.55. The maximum absolute atomic E-state index is 12.3. The van der Waals surface area contributed by atoms with E-state index in [1.807, 2.05) is 51.1 Å². The van der Waals surface area contributed by atoms with Gasteiger partial charge in [-0.1, -0.05) is 18.2 Å². The predicted octanol–water partition coefficient (Wildman–Crippen LogP) is 4.51. The van der Waals surface area contributed by atoms with Crippen LogP contribution in [0.5, 0.6) is 5.75 Å². The first kappa shape index (κ1) is 20.1. The number of nitrogens with zero attached hydrogens (tertiary/aromatic N) is 2. The van der Waals surface area contributed by atoms with Crippen LogP contribution in [-0.4, -0.2) is 28.6 Å². The fraction of sp³-hybridized carbons (Fsp3) is 0.364. The molecule has 0 saturated carbocycles. The zero-order valence-corrected chi connectivity index (χ0v) is 17.5. The molecule has 0 unspecified atom stereocenters. The van der Waals surface area contributed by atoms with Gasteiger partial charge in [0, 0.05) is 28.9 Å². The lowest BCUT2D eigenvalue weighted by atomic mass is 10.2. The van der Waals surface area contributed by atoms with Gasteiger partial charge in [-0.05, 0) is 51.8 Å². The summed E-state index contributed by atoms with van der Waals surface area (Å²) in [6.07, 6.45) is 1.80. The maximum atomic E-state index is 12.3. The molecule has 0 bridgehead atoms. The van der Waals surface area contributed by atoms with Crippen molar-refractivity contribution in [3.8, 4) is 17.0 Å². The predicted molar refractivity (Wildman–Crippen MR) is 114 cm³/mol. The van der Waals surface area contributed by atoms with E-state index in [1.54, 1.807) is 11.3 Å². The van der Waals surface area contributed by atoms with E-state index < -0.39 is 0 Å². The van der Waals surface area contributed by atoms with Gasteiger partial charge in [0.15, 0.2) is 0 Å². The molecular weight excluding hydrogens is 370 g/mol. The van der Waals surface area contributed by atoms with E-state index in [9.17, 15) is 4.79 Å². The molecule has 2 heterocycles. The highest BCUT2D eigenvalue weighted by Gasteiger charge is 2.15. The number of aryl methyl sites for hydroxylation is 2. The minimum atomic E-state index is 0.0341. The number of nitrogens with one attached hydrogen (secondary N) is 1. The molecule has 3 aromatic rings. The summed E-state index contributed by atoms with van der Waals surface area (Å²) in [7, 11) is 0. The molecule has 0 saturated heterocycles. The molecule has 2 aromatic heterocycles. The van der Waals surface area contributed by atoms with Gasteiger partial charge in [-0.15, -0.1) is 11.3 Å². The quantitative estimate of drug-likeness (QED) is 0.541. The van der Waals surface area contributed by atoms with Gasteiger partial charge in [-0.2, -0.15) is 0 Å². The second-order valence-electron chi connectivity index (χ2n) is 6.84. The Bertz CT molecular complexity index is 915. The zero-order chi connectivity index (χ0) is 19.9. The fourth-order valence-corrected chi connectivity index (χ4v) is 3.76. The molecule has 6 heteroatoms. The molecule has 1 N–H and O–H groups in total. The van der Waals surface area contributed by atoms with Crippen LogP contribution in [0.15, 0.2) is 41.8 Å². The van der Waals surface area contributed by atoms with Crippen molar-refractivity contribution < 1.29 is 9.53 Å². The number of aromatic nitrogens is 2. The van der Waals surface area contributed by atoms with Gasteiger partial charge in [0.25, 0.3) is 0 Å². The molecular formula is C22H27N3O2S. The number of rotatable bonds is 9. The average molecular weight is 398 g/mol. The van der Waals surface area contributed by atoms with Crippen LogP contribution in [0.3, 0.4) is 0 Å². The van der Waals surface area contributed by atoms with Crippen LogP contribution in [0.2, 0.25) is 0 Å². The van der Waals surface area contributed by atoms with Crippen LogP contribution in [0, 0.1) is 20.8 Å². The number of hydrogen-bond acceptors (Lipinski definition) is 4. The standard InChI is InChI=1S/C22H27N3O2S/c1-16-13-20(21-15-28-18(3)24-21)17(2)25(16)14-22(26)23-11-7-8-12-27-19-9-5-4-6-10-19/h4-6,9-10,13,15H,7-8,11-12,14H2,1-3H3,(H,23,26). The van der Waals surface area contributed by atoms with Crippen LogP contribution in [0.1, 0.15) is 29.2 Å². The van der Waals surface area contributed by atoms with E-state index in [2.05, 4.69) is 26.3 Å². The van der Waals surface area contributed by atoms with E-state index in [-0.39, 0.29) is 5.91 Å². The van der Waals surface area contributed by atoms with Crippen molar-refractivity contribution in [1.82, 2.24) is 14.9 Å². The minimum Gasteiger partial charge on any atom is -0.494 e. The van der Waals surface area contributed by atoms with E-state index in [0.717, 1.165) is 46.2 Å². The number of amides is 1. The number of carbonyl (C=O) groups excluding carboxylic acids is 1. The Hall–Kier alpha value is -2.60. The van der Waals surface area contributed by atoms with Crippen molar-refractivity contribution in [1.29, 1.82) is 0 Å². The summed E-state index contributed by atoms with van der Waals surface area (Å²) in [5.41, 5.74) is 4.24. The number of thiazole rings is 1. The first-order chi connectivity index (χ1) is 13.5. The van der Waals surface area contributed by atoms with Gasteiger partial charge in [-0.25, -0.2) is 4.98 Å². The maximum Gasteiger partial charge on any atom is 0.239 e. The molecule has 3 rings (SSSR count). The van der Waals surface area contributed by atoms with E-state index in [4.69, 9.17) is 4.74 Å². The monoisotopic (exact) mass is 397 g/mol. The average Bonchev–Trinajstić information content (AvgIpc) is 3.23. The van der Waals surface area contributed by atoms with Crippen molar-refractivity contribution in [3.05, 3.63) is 58.2 Å². The van der Waals surface area contributed by atoms with Crippen molar-refractivity contribution in [2.75, 3.05) is 13.2 Å². The van der Waals surface area contributed by atoms with Crippen molar-refractivity contribution in [2.24, 2.45) is 0 Å². The molecule has 0 spiro atoms. The molecule has 0 fully saturated rings. The summed E-state index contributed by atoms with van der Waals surface area (Å²) in [5, 5.41) is 6.13. The Morgan fingerprint density at radius 3 is 2.68 bits per heavy atom. The zero-order valence-electron chi connectivity index (χ0n) is 16.7. The smallest absolute Gasteiger partial charge is 0.239 e. The van der Waals surface area contributed by atoms with Crippen LogP contribution < -0.4 is 10.1 Å². The van der Waals surface area contributed by atoms with Crippen LogP contribution in [0.4, 0.5) is 0 Å². The molecule has 148 valence electrons. The topological polar surface area (TPSA) is 56.2 Å². The first-order valence-corrected chi connectivity index (χ1v) is 10.5. The number of benzene rings is 1. The van der Waals surface area contributed by atoms with Crippen LogP contribution in [-0.2, 0) is 11.3 Å². The third kappa shape index (κ3) is 5.23. The number of ether oxygens (including phenoxy) is 1. The minimum absolute atomic E-state index is 0.0341. The lowest BCUT2D eigenvalue weighted by Gasteiger charge is -2.11. The molecule has 0 radical (unpaired) electrons. The molecule has 28 heavy (non-hydrogen) atoms. The molecule has 5 nitrogen and oxygen atoms in total. The summed E-state index contributed by atoms with van der Waals surface area (Å²) in [5.74, 6) is 0.919. The molecule has 0 aliphatic carbocycles. The number of para-hydroxylation sites is 1. The van der Waals surface area contributed by atoms with Crippen molar-refractivity contribution in [3.63, 3.8) is 0 Å². The van der Waals surface area contributed by atoms with E-state index in [0.29, 0.717) is 19.7 Å². The van der Waals surface area contributed by atoms with Gasteiger partial charge in [-0.3, -0.25) is 4.79 Å². The van der Waals surface area contributed by atoms with Gasteiger partial charge in [0.05, 0.1) is 17.3 Å². The molecule has 0 aliphatic rings. The second-order valence-corrected chi connectivity index (χ2v) is 7.90. The highest BCUT2D eigenvalue weighted by atomic mass is 32.1. The first-order valence-electron chi connectivity index (χ1n) is 9.58. The van der Waals surface area contributed by atoms with Crippen molar-refractivity contribution >= 4 is 17.2 Å². The molecule has 0 atom stereocenters. The summed E-state index contributed by atoms with van der Waals surface area (Å²) in [6.45, 7) is 7.74. The van der Waals surface area contributed by atoms with Gasteiger partial charge < -0.3 is 14.6 Å². The number of carbonyl (C=O) groups is 1. The van der Waals surface area contributed by atoms with Gasteiger partial charge in [0.1, 0.15) is 12.3 Å². The number of unbranched alkanes of at least 4 members (excludes halogenated alkanes) is 1. The summed E-state index contributed by atoms with van der Waals surface area (Å²) in [6, 6.07) is 11.9. The van der Waals surface area contributed by atoms with Gasteiger partial charge in [0.2, 0.25) is 5.91 Å². The van der Waals surface area contributed by atoms with Crippen LogP contribution in [0.25, 0.3) is 11.3 Å². The lowest BCUT2D eigenvalue weighted by molar-refractivity contribution is -0.121. The normalized spacial score (nSPS) is 10.8. The summed E-state index contributed by atoms with van der Waals surface area (Å²) in [4.78, 5) is 16.9. The molecule has 1 aromatic carbocycles. The Balaban J connectivity index is 1.43. The Morgan fingerprint density at radius 1 is 1.18 bits per heavy atom. The van der Waals surface area contributed by atoms with Gasteiger partial charge >= 0.3 is 0 Å². The number of hydrogen-bond donors (Lipinski definition) is 1. The molecule has 0 aliphatic heterocycles. The van der Waals surface area contributed by atoms with Crippen LogP contribution >= 0.6 is 11.3 Å².